The first-order valence-corrected chi connectivity index (χ1v) is 6.08. The minimum atomic E-state index is -0.412. The molecule has 4 heteroatoms. The molecule has 0 aliphatic heterocycles. The summed E-state index contributed by atoms with van der Waals surface area (Å²) in [4.78, 5) is 20.7. The molecule has 1 N–H and O–H groups in total. The molecule has 0 radical (unpaired) electrons. The maximum absolute atomic E-state index is 11.7. The summed E-state index contributed by atoms with van der Waals surface area (Å²) in [5, 5.41) is 0. The van der Waals surface area contributed by atoms with Gasteiger partial charge in [0.05, 0.1) is 5.56 Å². The van der Waals surface area contributed by atoms with Crippen molar-refractivity contribution in [2.75, 3.05) is 0 Å². The molecule has 0 amide bonds. The van der Waals surface area contributed by atoms with Gasteiger partial charge in [-0.2, -0.15) is 0 Å². The molecule has 1 aromatic rings. The van der Waals surface area contributed by atoms with Gasteiger partial charge in [-0.1, -0.05) is 20.8 Å². The predicted octanol–water partition coefficient (Wildman–Crippen LogP) is 2.96. The third kappa shape index (κ3) is 5.27. The average Bonchev–Trinajstić information content (AvgIpc) is 2.24. The normalized spacial score (nSPS) is 12.3. The highest BCUT2D eigenvalue weighted by Gasteiger charge is 2.26. The summed E-state index contributed by atoms with van der Waals surface area (Å²) in [5.74, 6) is -0.412. The summed E-state index contributed by atoms with van der Waals surface area (Å²) in [6.07, 6.45) is 3.99. The number of pyridine rings is 1. The number of aromatic nitrogens is 1. The second kappa shape index (κ2) is 5.48. The van der Waals surface area contributed by atoms with E-state index in [1.165, 1.54) is 6.20 Å². The highest BCUT2D eigenvalue weighted by molar-refractivity contribution is 5.88. The van der Waals surface area contributed by atoms with Crippen molar-refractivity contribution in [3.8, 4) is 0 Å². The molecular formula is C14H22N2O2. The SMILES string of the molecule is CC(C)(C)CC(C)(C)NOC(=O)c1cccnc1. The van der Waals surface area contributed by atoms with Crippen LogP contribution in [0.25, 0.3) is 0 Å². The van der Waals surface area contributed by atoms with Crippen molar-refractivity contribution in [2.24, 2.45) is 5.41 Å². The quantitative estimate of drug-likeness (QED) is 0.835. The van der Waals surface area contributed by atoms with Gasteiger partial charge in [-0.15, -0.1) is 5.48 Å². The third-order valence-corrected chi connectivity index (χ3v) is 2.29. The van der Waals surface area contributed by atoms with E-state index in [4.69, 9.17) is 4.84 Å². The van der Waals surface area contributed by atoms with Crippen molar-refractivity contribution in [3.63, 3.8) is 0 Å². The van der Waals surface area contributed by atoms with E-state index in [0.717, 1.165) is 6.42 Å². The van der Waals surface area contributed by atoms with E-state index in [0.29, 0.717) is 5.56 Å². The van der Waals surface area contributed by atoms with E-state index >= 15 is 0 Å². The zero-order chi connectivity index (χ0) is 13.8. The topological polar surface area (TPSA) is 51.2 Å². The molecule has 0 aliphatic carbocycles. The van der Waals surface area contributed by atoms with Crippen LogP contribution in [0.2, 0.25) is 0 Å². The Morgan fingerprint density at radius 3 is 2.50 bits per heavy atom. The lowest BCUT2D eigenvalue weighted by molar-refractivity contribution is -0.00672. The molecule has 0 saturated carbocycles. The largest absolute Gasteiger partial charge is 0.366 e. The van der Waals surface area contributed by atoms with E-state index in [2.05, 4.69) is 31.2 Å². The fourth-order valence-electron chi connectivity index (χ4n) is 2.09. The van der Waals surface area contributed by atoms with Crippen molar-refractivity contribution in [1.29, 1.82) is 0 Å². The molecule has 0 atom stereocenters. The smallest absolute Gasteiger partial charge is 0.358 e. The third-order valence-electron chi connectivity index (χ3n) is 2.29. The predicted molar refractivity (Wildman–Crippen MR) is 70.9 cm³/mol. The van der Waals surface area contributed by atoms with Crippen LogP contribution < -0.4 is 5.48 Å². The minimum Gasteiger partial charge on any atom is -0.366 e. The zero-order valence-electron chi connectivity index (χ0n) is 11.8. The summed E-state index contributed by atoms with van der Waals surface area (Å²) in [6.45, 7) is 10.5. The summed E-state index contributed by atoms with van der Waals surface area (Å²) in [6, 6.07) is 3.38. The van der Waals surface area contributed by atoms with E-state index in [9.17, 15) is 4.79 Å². The van der Waals surface area contributed by atoms with Gasteiger partial charge in [0.25, 0.3) is 0 Å². The Bertz CT molecular complexity index is 394. The van der Waals surface area contributed by atoms with Crippen LogP contribution in [0, 0.1) is 5.41 Å². The highest BCUT2D eigenvalue weighted by Crippen LogP contribution is 2.26. The molecule has 0 aliphatic rings. The molecule has 100 valence electrons. The molecule has 1 heterocycles. The van der Waals surface area contributed by atoms with Gasteiger partial charge in [-0.05, 0) is 37.8 Å². The van der Waals surface area contributed by atoms with Crippen LogP contribution in [-0.4, -0.2) is 16.5 Å². The Morgan fingerprint density at radius 2 is 2.00 bits per heavy atom. The van der Waals surface area contributed by atoms with Gasteiger partial charge in [-0.3, -0.25) is 4.98 Å². The van der Waals surface area contributed by atoms with Crippen LogP contribution in [0.4, 0.5) is 0 Å². The number of carbonyl (C=O) groups excluding carboxylic acids is 1. The lowest BCUT2D eigenvalue weighted by Crippen LogP contribution is -2.43. The van der Waals surface area contributed by atoms with Crippen LogP contribution in [0.1, 0.15) is 51.4 Å². The molecule has 1 aromatic heterocycles. The van der Waals surface area contributed by atoms with Gasteiger partial charge in [-0.25, -0.2) is 4.79 Å². The number of carbonyl (C=O) groups is 1. The van der Waals surface area contributed by atoms with Crippen molar-refractivity contribution >= 4 is 5.97 Å². The fourth-order valence-corrected chi connectivity index (χ4v) is 2.09. The zero-order valence-corrected chi connectivity index (χ0v) is 11.8. The van der Waals surface area contributed by atoms with E-state index in [1.54, 1.807) is 18.3 Å². The van der Waals surface area contributed by atoms with Crippen molar-refractivity contribution in [3.05, 3.63) is 30.1 Å². The molecule has 0 fully saturated rings. The van der Waals surface area contributed by atoms with Crippen LogP contribution in [-0.2, 0) is 4.84 Å². The second-order valence-corrected chi connectivity index (χ2v) is 6.35. The van der Waals surface area contributed by atoms with Crippen LogP contribution in [0.3, 0.4) is 0 Å². The highest BCUT2D eigenvalue weighted by atomic mass is 16.7. The first-order valence-electron chi connectivity index (χ1n) is 6.08. The van der Waals surface area contributed by atoms with Crippen LogP contribution >= 0.6 is 0 Å². The van der Waals surface area contributed by atoms with Gasteiger partial charge >= 0.3 is 5.97 Å². The molecule has 4 nitrogen and oxygen atoms in total. The number of nitrogens with zero attached hydrogens (tertiary/aromatic N) is 1. The molecule has 0 saturated heterocycles. The molecule has 0 unspecified atom stereocenters. The lowest BCUT2D eigenvalue weighted by atomic mass is 9.82. The maximum Gasteiger partial charge on any atom is 0.358 e. The Hall–Kier alpha value is -1.42. The fraction of sp³-hybridized carbons (Fsp3) is 0.571. The first-order chi connectivity index (χ1) is 8.20. The van der Waals surface area contributed by atoms with Crippen LogP contribution in [0.5, 0.6) is 0 Å². The summed E-state index contributed by atoms with van der Waals surface area (Å²) >= 11 is 0. The minimum absolute atomic E-state index is 0.164. The Kier molecular flexibility index (Phi) is 4.46. The molecule has 0 aromatic carbocycles. The average molecular weight is 250 g/mol. The standard InChI is InChI=1S/C14H22N2O2/c1-13(2,3)10-14(4,5)16-18-12(17)11-7-6-8-15-9-11/h6-9,16H,10H2,1-5H3. The first kappa shape index (κ1) is 14.6. The van der Waals surface area contributed by atoms with Crippen molar-refractivity contribution in [2.45, 2.75) is 46.6 Å². The lowest BCUT2D eigenvalue weighted by Gasteiger charge is -2.32. The van der Waals surface area contributed by atoms with E-state index in [-0.39, 0.29) is 11.0 Å². The van der Waals surface area contributed by atoms with Gasteiger partial charge < -0.3 is 4.84 Å². The second-order valence-electron chi connectivity index (χ2n) is 6.35. The summed E-state index contributed by atoms with van der Waals surface area (Å²) in [7, 11) is 0. The summed E-state index contributed by atoms with van der Waals surface area (Å²) in [5.41, 5.74) is 3.17. The number of hydroxylamine groups is 1. The molecule has 0 bridgehead atoms. The van der Waals surface area contributed by atoms with Gasteiger partial charge in [0, 0.05) is 17.9 Å². The summed E-state index contributed by atoms with van der Waals surface area (Å²) < 4.78 is 0. The number of nitrogens with one attached hydrogen (secondary N) is 1. The number of hydrogen-bond acceptors (Lipinski definition) is 4. The van der Waals surface area contributed by atoms with Gasteiger partial charge in [0.15, 0.2) is 0 Å². The van der Waals surface area contributed by atoms with Crippen molar-refractivity contribution < 1.29 is 9.63 Å². The maximum atomic E-state index is 11.7. The number of hydrogen-bond donors (Lipinski definition) is 1. The molecular weight excluding hydrogens is 228 g/mol. The van der Waals surface area contributed by atoms with E-state index in [1.807, 2.05) is 13.8 Å². The Labute approximate surface area is 109 Å². The molecule has 0 spiro atoms. The Morgan fingerprint density at radius 1 is 1.33 bits per heavy atom. The van der Waals surface area contributed by atoms with Crippen LogP contribution in [0.15, 0.2) is 24.5 Å². The van der Waals surface area contributed by atoms with Crippen molar-refractivity contribution in [1.82, 2.24) is 10.5 Å². The van der Waals surface area contributed by atoms with Gasteiger partial charge in [0.2, 0.25) is 0 Å². The Balaban J connectivity index is 2.53. The molecule has 18 heavy (non-hydrogen) atoms. The molecule has 1 rings (SSSR count). The monoisotopic (exact) mass is 250 g/mol. The van der Waals surface area contributed by atoms with E-state index < -0.39 is 5.97 Å². The number of rotatable bonds is 4. The van der Waals surface area contributed by atoms with Gasteiger partial charge in [0.1, 0.15) is 0 Å².